The molecule has 27 heavy (non-hydrogen) atoms. The summed E-state index contributed by atoms with van der Waals surface area (Å²) in [5.74, 6) is 2.03. The monoisotopic (exact) mass is 360 g/mol. The number of para-hydroxylation sites is 1. The predicted octanol–water partition coefficient (Wildman–Crippen LogP) is 3.97. The fraction of sp³-hybridized carbons (Fsp3) is 0.100. The van der Waals surface area contributed by atoms with Gasteiger partial charge in [0.15, 0.2) is 5.75 Å². The van der Waals surface area contributed by atoms with Gasteiger partial charge in [-0.1, -0.05) is 12.1 Å². The SMILES string of the molecule is COc1ccccc1-c1ccc2cnc(Nc3ccc4c(c3)COO4)nn12. The first-order chi connectivity index (χ1) is 13.3. The van der Waals surface area contributed by atoms with Gasteiger partial charge < -0.3 is 14.9 Å². The van der Waals surface area contributed by atoms with E-state index in [1.807, 2.05) is 59.1 Å². The molecular weight excluding hydrogens is 344 g/mol. The molecule has 1 N–H and O–H groups in total. The lowest BCUT2D eigenvalue weighted by Gasteiger charge is -2.10. The Morgan fingerprint density at radius 2 is 2.04 bits per heavy atom. The summed E-state index contributed by atoms with van der Waals surface area (Å²) in [6.07, 6.45) is 1.79. The highest BCUT2D eigenvalue weighted by Crippen LogP contribution is 2.31. The normalized spacial score (nSPS) is 12.6. The van der Waals surface area contributed by atoms with Crippen LogP contribution in [0, 0.1) is 0 Å². The van der Waals surface area contributed by atoms with Crippen LogP contribution in [0.5, 0.6) is 11.5 Å². The van der Waals surface area contributed by atoms with Crippen LogP contribution in [0.25, 0.3) is 16.8 Å². The molecular formula is C20H16N4O3. The van der Waals surface area contributed by atoms with E-state index >= 15 is 0 Å². The van der Waals surface area contributed by atoms with E-state index in [0.717, 1.165) is 39.5 Å². The molecule has 1 aliphatic heterocycles. The summed E-state index contributed by atoms with van der Waals surface area (Å²) in [5, 5.41) is 7.89. The van der Waals surface area contributed by atoms with E-state index in [2.05, 4.69) is 15.4 Å². The molecule has 0 spiro atoms. The minimum Gasteiger partial charge on any atom is -0.496 e. The Balaban J connectivity index is 1.53. The molecule has 0 aliphatic carbocycles. The van der Waals surface area contributed by atoms with Crippen molar-refractivity contribution >= 4 is 17.2 Å². The van der Waals surface area contributed by atoms with Crippen molar-refractivity contribution in [2.75, 3.05) is 12.4 Å². The molecule has 7 nitrogen and oxygen atoms in total. The Morgan fingerprint density at radius 3 is 2.96 bits per heavy atom. The smallest absolute Gasteiger partial charge is 0.245 e. The molecule has 0 saturated heterocycles. The summed E-state index contributed by atoms with van der Waals surface area (Å²) in [5.41, 5.74) is 4.65. The molecule has 0 atom stereocenters. The summed E-state index contributed by atoms with van der Waals surface area (Å²) >= 11 is 0. The van der Waals surface area contributed by atoms with Gasteiger partial charge in [0.05, 0.1) is 24.5 Å². The number of nitrogens with one attached hydrogen (secondary N) is 1. The Morgan fingerprint density at radius 1 is 1.11 bits per heavy atom. The second kappa shape index (κ2) is 6.30. The quantitative estimate of drug-likeness (QED) is 0.555. The maximum atomic E-state index is 5.49. The maximum absolute atomic E-state index is 5.49. The zero-order valence-electron chi connectivity index (χ0n) is 14.5. The molecule has 7 heteroatoms. The van der Waals surface area contributed by atoms with Crippen LogP contribution in [0.3, 0.4) is 0 Å². The molecule has 0 unspecified atom stereocenters. The Kier molecular flexibility index (Phi) is 3.65. The second-order valence-electron chi connectivity index (χ2n) is 6.13. The van der Waals surface area contributed by atoms with Crippen LogP contribution in [0.15, 0.2) is 60.8 Å². The molecule has 0 fully saturated rings. The van der Waals surface area contributed by atoms with Crippen molar-refractivity contribution in [3.8, 4) is 22.8 Å². The average molecular weight is 360 g/mol. The highest BCUT2D eigenvalue weighted by atomic mass is 17.2. The van der Waals surface area contributed by atoms with Gasteiger partial charge in [-0.25, -0.2) is 9.50 Å². The van der Waals surface area contributed by atoms with Gasteiger partial charge in [-0.2, -0.15) is 4.89 Å². The molecule has 0 amide bonds. The summed E-state index contributed by atoms with van der Waals surface area (Å²) in [6.45, 7) is 0.431. The molecule has 3 heterocycles. The number of ether oxygens (including phenoxy) is 1. The van der Waals surface area contributed by atoms with Crippen LogP contribution in [-0.4, -0.2) is 21.7 Å². The topological polar surface area (TPSA) is 69.9 Å². The first-order valence-electron chi connectivity index (χ1n) is 8.49. The van der Waals surface area contributed by atoms with Gasteiger partial charge in [-0.05, 0) is 42.5 Å². The third-order valence-electron chi connectivity index (χ3n) is 4.46. The van der Waals surface area contributed by atoms with Crippen LogP contribution in [-0.2, 0) is 11.5 Å². The summed E-state index contributed by atoms with van der Waals surface area (Å²) in [7, 11) is 1.66. The van der Waals surface area contributed by atoms with Crippen LogP contribution in [0.1, 0.15) is 5.56 Å². The van der Waals surface area contributed by atoms with Crippen molar-refractivity contribution < 1.29 is 14.5 Å². The Hall–Kier alpha value is -3.58. The standard InChI is InChI=1S/C20H16N4O3/c1-25-19-5-3-2-4-16(19)17-8-7-15-11-21-20(23-24(15)17)22-14-6-9-18-13(10-14)12-26-27-18/h2-11H,12H2,1H3,(H,22,23). The third kappa shape index (κ3) is 2.74. The fourth-order valence-electron chi connectivity index (χ4n) is 3.16. The molecule has 134 valence electrons. The van der Waals surface area contributed by atoms with Gasteiger partial charge in [0.2, 0.25) is 5.95 Å². The van der Waals surface area contributed by atoms with Gasteiger partial charge in [0.1, 0.15) is 12.4 Å². The lowest BCUT2D eigenvalue weighted by atomic mass is 10.1. The van der Waals surface area contributed by atoms with E-state index in [4.69, 9.17) is 14.5 Å². The van der Waals surface area contributed by atoms with Gasteiger partial charge in [-0.3, -0.25) is 0 Å². The highest BCUT2D eigenvalue weighted by Gasteiger charge is 2.15. The van der Waals surface area contributed by atoms with Crippen molar-refractivity contribution in [1.82, 2.24) is 14.6 Å². The number of rotatable bonds is 4. The summed E-state index contributed by atoms with van der Waals surface area (Å²) < 4.78 is 7.34. The van der Waals surface area contributed by atoms with Crippen LogP contribution < -0.4 is 14.9 Å². The van der Waals surface area contributed by atoms with Crippen LogP contribution in [0.2, 0.25) is 0 Å². The lowest BCUT2D eigenvalue weighted by Crippen LogP contribution is -2.03. The van der Waals surface area contributed by atoms with E-state index in [0.29, 0.717) is 12.6 Å². The van der Waals surface area contributed by atoms with Crippen molar-refractivity contribution in [2.45, 2.75) is 6.61 Å². The van der Waals surface area contributed by atoms with E-state index < -0.39 is 0 Å². The van der Waals surface area contributed by atoms with Gasteiger partial charge in [0, 0.05) is 16.8 Å². The van der Waals surface area contributed by atoms with E-state index in [9.17, 15) is 0 Å². The molecule has 2 aromatic carbocycles. The minimum absolute atomic E-state index is 0.431. The summed E-state index contributed by atoms with van der Waals surface area (Å²) in [6, 6.07) is 17.6. The zero-order chi connectivity index (χ0) is 18.2. The van der Waals surface area contributed by atoms with E-state index in [1.165, 1.54) is 0 Å². The van der Waals surface area contributed by atoms with Gasteiger partial charge in [-0.15, -0.1) is 5.10 Å². The molecule has 1 aliphatic rings. The molecule has 5 rings (SSSR count). The van der Waals surface area contributed by atoms with E-state index in [-0.39, 0.29) is 0 Å². The van der Waals surface area contributed by atoms with Crippen LogP contribution >= 0.6 is 0 Å². The van der Waals surface area contributed by atoms with E-state index in [1.54, 1.807) is 13.3 Å². The van der Waals surface area contributed by atoms with Gasteiger partial charge >= 0.3 is 0 Å². The first-order valence-corrected chi connectivity index (χ1v) is 8.49. The number of aromatic nitrogens is 3. The molecule has 0 radical (unpaired) electrons. The van der Waals surface area contributed by atoms with Crippen LogP contribution in [0.4, 0.5) is 11.6 Å². The zero-order valence-corrected chi connectivity index (χ0v) is 14.5. The number of hydrogen-bond donors (Lipinski definition) is 1. The number of hydrogen-bond acceptors (Lipinski definition) is 6. The van der Waals surface area contributed by atoms with Crippen molar-refractivity contribution in [1.29, 1.82) is 0 Å². The first kappa shape index (κ1) is 15.7. The van der Waals surface area contributed by atoms with Crippen molar-refractivity contribution in [2.24, 2.45) is 0 Å². The largest absolute Gasteiger partial charge is 0.496 e. The Labute approximate surface area is 155 Å². The third-order valence-corrected chi connectivity index (χ3v) is 4.46. The van der Waals surface area contributed by atoms with Crippen molar-refractivity contribution in [3.05, 3.63) is 66.4 Å². The van der Waals surface area contributed by atoms with Crippen molar-refractivity contribution in [3.63, 3.8) is 0 Å². The number of benzene rings is 2. The maximum Gasteiger partial charge on any atom is 0.245 e. The minimum atomic E-state index is 0.431. The molecule has 4 aromatic rings. The lowest BCUT2D eigenvalue weighted by molar-refractivity contribution is -0.194. The fourth-order valence-corrected chi connectivity index (χ4v) is 3.16. The number of fused-ring (bicyclic) bond motifs is 2. The average Bonchev–Trinajstić information content (AvgIpc) is 3.34. The number of methoxy groups -OCH3 is 1. The second-order valence-corrected chi connectivity index (χ2v) is 6.13. The Bertz CT molecular complexity index is 1140. The predicted molar refractivity (Wildman–Crippen MR) is 100 cm³/mol. The van der Waals surface area contributed by atoms with Gasteiger partial charge in [0.25, 0.3) is 0 Å². The number of nitrogens with zero attached hydrogens (tertiary/aromatic N) is 3. The molecule has 2 aromatic heterocycles. The number of anilines is 2. The molecule has 0 saturated carbocycles. The molecule has 0 bridgehead atoms. The summed E-state index contributed by atoms with van der Waals surface area (Å²) in [4.78, 5) is 14.4. The highest BCUT2D eigenvalue weighted by molar-refractivity contribution is 5.72.